The molecule has 0 aromatic heterocycles. The first kappa shape index (κ1) is 11.8. The first-order valence-corrected chi connectivity index (χ1v) is 5.65. The van der Waals surface area contributed by atoms with Gasteiger partial charge < -0.3 is 4.74 Å². The van der Waals surface area contributed by atoms with Crippen LogP contribution in [0.25, 0.3) is 0 Å². The number of isocyanates is 1. The zero-order valence-electron chi connectivity index (χ0n) is 9.70. The summed E-state index contributed by atoms with van der Waals surface area (Å²) in [5.41, 5.74) is 0.00991. The number of carbonyl (C=O) groups excluding carboxylic acids is 1. The average Bonchev–Trinajstić information content (AvgIpc) is 2.79. The van der Waals surface area contributed by atoms with Crippen LogP contribution in [-0.2, 0) is 10.3 Å². The molecule has 1 aromatic rings. The Morgan fingerprint density at radius 2 is 2.12 bits per heavy atom. The summed E-state index contributed by atoms with van der Waals surface area (Å²) >= 11 is 0. The predicted octanol–water partition coefficient (Wildman–Crippen LogP) is 2.94. The van der Waals surface area contributed by atoms with E-state index in [1.807, 2.05) is 0 Å². The van der Waals surface area contributed by atoms with Gasteiger partial charge in [0.2, 0.25) is 6.08 Å². The summed E-state index contributed by atoms with van der Waals surface area (Å²) in [7, 11) is 1.43. The van der Waals surface area contributed by atoms with Crippen molar-refractivity contribution in [2.75, 3.05) is 7.11 Å². The fraction of sp³-hybridized carbons (Fsp3) is 0.462. The number of rotatable bonds is 3. The molecule has 17 heavy (non-hydrogen) atoms. The molecule has 0 bridgehead atoms. The van der Waals surface area contributed by atoms with Crippen LogP contribution >= 0.6 is 0 Å². The number of ether oxygens (including phenoxy) is 1. The van der Waals surface area contributed by atoms with Crippen LogP contribution in [0.1, 0.15) is 31.2 Å². The van der Waals surface area contributed by atoms with Crippen molar-refractivity contribution in [1.82, 2.24) is 0 Å². The lowest BCUT2D eigenvalue weighted by atomic mass is 9.88. The highest BCUT2D eigenvalue weighted by molar-refractivity contribution is 5.45. The molecule has 1 aliphatic rings. The van der Waals surface area contributed by atoms with Crippen LogP contribution < -0.4 is 4.74 Å². The monoisotopic (exact) mass is 235 g/mol. The molecule has 0 N–H and O–H groups in total. The van der Waals surface area contributed by atoms with Gasteiger partial charge in [0.25, 0.3) is 0 Å². The third kappa shape index (κ3) is 1.96. The molecule has 0 unspecified atom stereocenters. The van der Waals surface area contributed by atoms with Gasteiger partial charge in [-0.1, -0.05) is 25.0 Å². The maximum absolute atomic E-state index is 13.6. The Bertz CT molecular complexity index is 460. The maximum Gasteiger partial charge on any atom is 0.235 e. The van der Waals surface area contributed by atoms with Crippen LogP contribution in [-0.4, -0.2) is 13.2 Å². The topological polar surface area (TPSA) is 38.7 Å². The van der Waals surface area contributed by atoms with Gasteiger partial charge in [-0.05, 0) is 18.9 Å². The number of nitrogens with zero attached hydrogens (tertiary/aromatic N) is 1. The third-order valence-electron chi connectivity index (χ3n) is 3.36. The van der Waals surface area contributed by atoms with E-state index in [4.69, 9.17) is 4.74 Å². The molecule has 3 nitrogen and oxygen atoms in total. The molecule has 0 radical (unpaired) electrons. The van der Waals surface area contributed by atoms with Gasteiger partial charge in [0.15, 0.2) is 11.6 Å². The van der Waals surface area contributed by atoms with Crippen molar-refractivity contribution >= 4 is 6.08 Å². The number of benzene rings is 1. The van der Waals surface area contributed by atoms with Gasteiger partial charge in [0.05, 0.1) is 7.11 Å². The van der Waals surface area contributed by atoms with E-state index in [0.717, 1.165) is 25.7 Å². The number of hydrogen-bond donors (Lipinski definition) is 0. The van der Waals surface area contributed by atoms with Crippen LogP contribution in [0.3, 0.4) is 0 Å². The molecule has 0 atom stereocenters. The first-order valence-electron chi connectivity index (χ1n) is 5.65. The highest BCUT2D eigenvalue weighted by Crippen LogP contribution is 2.46. The summed E-state index contributed by atoms with van der Waals surface area (Å²) in [6.07, 6.45) is 5.05. The van der Waals surface area contributed by atoms with Crippen molar-refractivity contribution in [3.8, 4) is 5.75 Å². The smallest absolute Gasteiger partial charge is 0.235 e. The van der Waals surface area contributed by atoms with Crippen molar-refractivity contribution in [3.63, 3.8) is 0 Å². The Labute approximate surface area is 99.3 Å². The van der Waals surface area contributed by atoms with Crippen LogP contribution in [0.5, 0.6) is 5.75 Å². The Hall–Kier alpha value is -1.67. The molecule has 0 heterocycles. The van der Waals surface area contributed by atoms with Gasteiger partial charge in [0, 0.05) is 5.56 Å². The van der Waals surface area contributed by atoms with Gasteiger partial charge in [-0.15, -0.1) is 0 Å². The van der Waals surface area contributed by atoms with Gasteiger partial charge in [-0.3, -0.25) is 0 Å². The Balaban J connectivity index is 2.57. The summed E-state index contributed by atoms with van der Waals surface area (Å²) < 4.78 is 18.7. The van der Waals surface area contributed by atoms with Crippen molar-refractivity contribution < 1.29 is 13.9 Å². The fourth-order valence-corrected chi connectivity index (χ4v) is 2.57. The summed E-state index contributed by atoms with van der Waals surface area (Å²) in [5, 5.41) is 0. The highest BCUT2D eigenvalue weighted by atomic mass is 19.1. The van der Waals surface area contributed by atoms with Crippen molar-refractivity contribution in [1.29, 1.82) is 0 Å². The second kappa shape index (κ2) is 4.68. The zero-order chi connectivity index (χ0) is 12.3. The Morgan fingerprint density at radius 1 is 1.41 bits per heavy atom. The van der Waals surface area contributed by atoms with Crippen LogP contribution in [0.15, 0.2) is 23.2 Å². The van der Waals surface area contributed by atoms with E-state index < -0.39 is 11.4 Å². The predicted molar refractivity (Wildman–Crippen MR) is 61.2 cm³/mol. The molecule has 0 aliphatic heterocycles. The molecule has 2 rings (SSSR count). The molecule has 1 saturated carbocycles. The molecule has 0 amide bonds. The Kier molecular flexibility index (Phi) is 3.25. The average molecular weight is 235 g/mol. The van der Waals surface area contributed by atoms with E-state index in [-0.39, 0.29) is 5.75 Å². The minimum atomic E-state index is -0.644. The minimum Gasteiger partial charge on any atom is -0.493 e. The second-order valence-electron chi connectivity index (χ2n) is 4.26. The molecule has 1 aliphatic carbocycles. The number of methoxy groups -OCH3 is 1. The first-order chi connectivity index (χ1) is 8.23. The van der Waals surface area contributed by atoms with E-state index in [1.165, 1.54) is 13.2 Å². The second-order valence-corrected chi connectivity index (χ2v) is 4.26. The largest absolute Gasteiger partial charge is 0.493 e. The lowest BCUT2D eigenvalue weighted by Crippen LogP contribution is -2.20. The van der Waals surface area contributed by atoms with Gasteiger partial charge in [0.1, 0.15) is 5.54 Å². The SMILES string of the molecule is COc1c(F)cccc1C1(N=C=O)CCCC1. The van der Waals surface area contributed by atoms with E-state index in [2.05, 4.69) is 4.99 Å². The number of aliphatic imine (C=N–C) groups is 1. The van der Waals surface area contributed by atoms with Crippen LogP contribution in [0, 0.1) is 5.82 Å². The lowest BCUT2D eigenvalue weighted by Gasteiger charge is -2.25. The minimum absolute atomic E-state index is 0.188. The van der Waals surface area contributed by atoms with E-state index >= 15 is 0 Å². The molecule has 4 heteroatoms. The zero-order valence-corrected chi connectivity index (χ0v) is 9.70. The molecule has 0 saturated heterocycles. The molecular weight excluding hydrogens is 221 g/mol. The molecule has 0 spiro atoms. The van der Waals surface area contributed by atoms with Gasteiger partial charge in [-0.25, -0.2) is 9.18 Å². The van der Waals surface area contributed by atoms with Crippen molar-refractivity contribution in [3.05, 3.63) is 29.6 Å². The fourth-order valence-electron chi connectivity index (χ4n) is 2.57. The van der Waals surface area contributed by atoms with Crippen molar-refractivity contribution in [2.45, 2.75) is 31.2 Å². The maximum atomic E-state index is 13.6. The van der Waals surface area contributed by atoms with E-state index in [1.54, 1.807) is 18.2 Å². The summed E-state index contributed by atoms with van der Waals surface area (Å²) in [6, 6.07) is 4.73. The van der Waals surface area contributed by atoms with Gasteiger partial charge in [-0.2, -0.15) is 4.99 Å². The molecule has 90 valence electrons. The summed E-state index contributed by atoms with van der Waals surface area (Å²) in [4.78, 5) is 14.5. The third-order valence-corrected chi connectivity index (χ3v) is 3.36. The number of halogens is 1. The normalized spacial score (nSPS) is 17.5. The quantitative estimate of drug-likeness (QED) is 0.596. The highest BCUT2D eigenvalue weighted by Gasteiger charge is 2.38. The van der Waals surface area contributed by atoms with Crippen LogP contribution in [0.2, 0.25) is 0 Å². The summed E-state index contributed by atoms with van der Waals surface area (Å²) in [6.45, 7) is 0. The molecule has 1 fully saturated rings. The van der Waals surface area contributed by atoms with E-state index in [0.29, 0.717) is 5.56 Å². The molecule has 1 aromatic carbocycles. The van der Waals surface area contributed by atoms with Crippen LogP contribution in [0.4, 0.5) is 4.39 Å². The van der Waals surface area contributed by atoms with Crippen molar-refractivity contribution in [2.24, 2.45) is 4.99 Å². The number of para-hydroxylation sites is 1. The summed E-state index contributed by atoms with van der Waals surface area (Å²) in [5.74, 6) is -0.231. The molecular formula is C13H14FNO2. The lowest BCUT2D eigenvalue weighted by molar-refractivity contribution is 0.357. The number of hydrogen-bond acceptors (Lipinski definition) is 3. The van der Waals surface area contributed by atoms with Gasteiger partial charge >= 0.3 is 0 Å². The van der Waals surface area contributed by atoms with E-state index in [9.17, 15) is 9.18 Å². The standard InChI is InChI=1S/C13H14FNO2/c1-17-12-10(5-4-6-11(12)14)13(15-9-16)7-2-3-8-13/h4-6H,2-3,7-8H2,1H3. The Morgan fingerprint density at radius 3 is 2.71 bits per heavy atom.